The van der Waals surface area contributed by atoms with Crippen LogP contribution in [0.1, 0.15) is 32.6 Å². The number of amides is 1. The zero-order valence-corrected chi connectivity index (χ0v) is 10.4. The van der Waals surface area contributed by atoms with Crippen molar-refractivity contribution in [3.05, 3.63) is 0 Å². The van der Waals surface area contributed by atoms with Gasteiger partial charge in [-0.15, -0.1) is 0 Å². The summed E-state index contributed by atoms with van der Waals surface area (Å²) < 4.78 is 22.4. The molecular weight excluding hydrogens is 228 g/mol. The zero-order valence-electron chi connectivity index (χ0n) is 9.61. The van der Waals surface area contributed by atoms with Crippen LogP contribution in [-0.2, 0) is 14.6 Å². The van der Waals surface area contributed by atoms with Crippen molar-refractivity contribution in [2.45, 2.75) is 44.7 Å². The number of hydrogen-bond donors (Lipinski definition) is 2. The second-order valence-electron chi connectivity index (χ2n) is 4.33. The van der Waals surface area contributed by atoms with Crippen molar-refractivity contribution in [2.24, 2.45) is 5.73 Å². The summed E-state index contributed by atoms with van der Waals surface area (Å²) in [6.45, 7) is 1.97. The molecule has 0 aromatic heterocycles. The van der Waals surface area contributed by atoms with Crippen molar-refractivity contribution < 1.29 is 13.2 Å². The first kappa shape index (κ1) is 13.4. The molecule has 1 unspecified atom stereocenters. The Morgan fingerprint density at radius 3 is 2.50 bits per heavy atom. The van der Waals surface area contributed by atoms with Crippen molar-refractivity contribution in [3.63, 3.8) is 0 Å². The normalized spacial score (nSPS) is 22.6. The van der Waals surface area contributed by atoms with Gasteiger partial charge in [-0.2, -0.15) is 0 Å². The van der Waals surface area contributed by atoms with E-state index in [1.807, 2.05) is 6.92 Å². The zero-order chi connectivity index (χ0) is 12.2. The van der Waals surface area contributed by atoms with Crippen LogP contribution in [0.2, 0.25) is 0 Å². The van der Waals surface area contributed by atoms with E-state index in [4.69, 9.17) is 5.73 Å². The minimum Gasteiger partial charge on any atom is -0.352 e. The summed E-state index contributed by atoms with van der Waals surface area (Å²) in [5, 5.41) is 2.81. The molecule has 1 saturated heterocycles. The Labute approximate surface area is 96.7 Å². The largest absolute Gasteiger partial charge is 0.352 e. The van der Waals surface area contributed by atoms with Gasteiger partial charge in [0.25, 0.3) is 0 Å². The summed E-state index contributed by atoms with van der Waals surface area (Å²) in [4.78, 5) is 11.6. The molecule has 1 atom stereocenters. The average Bonchev–Trinajstić information content (AvgIpc) is 2.21. The predicted molar refractivity (Wildman–Crippen MR) is 62.7 cm³/mol. The number of carbonyl (C=O) groups excluding carboxylic acids is 1. The van der Waals surface area contributed by atoms with E-state index in [0.717, 1.165) is 6.42 Å². The molecule has 1 amide bonds. The number of carbonyl (C=O) groups is 1. The molecule has 1 fully saturated rings. The van der Waals surface area contributed by atoms with E-state index in [1.54, 1.807) is 0 Å². The molecule has 0 saturated carbocycles. The van der Waals surface area contributed by atoms with Gasteiger partial charge in [0.2, 0.25) is 5.91 Å². The van der Waals surface area contributed by atoms with E-state index in [9.17, 15) is 13.2 Å². The highest BCUT2D eigenvalue weighted by Crippen LogP contribution is 2.12. The van der Waals surface area contributed by atoms with Crippen LogP contribution >= 0.6 is 0 Å². The van der Waals surface area contributed by atoms with E-state index >= 15 is 0 Å². The Balaban J connectivity index is 2.36. The molecule has 1 aliphatic rings. The minimum absolute atomic E-state index is 0.0288. The summed E-state index contributed by atoms with van der Waals surface area (Å²) >= 11 is 0. The lowest BCUT2D eigenvalue weighted by Gasteiger charge is -2.24. The molecular formula is C10H20N2O3S. The predicted octanol–water partition coefficient (Wildman–Crippen LogP) is -0.193. The molecule has 0 aliphatic carbocycles. The van der Waals surface area contributed by atoms with Gasteiger partial charge in [0, 0.05) is 6.04 Å². The standard InChI is InChI=1S/C10H20N2O3S/c1-2-3-9(11)10(13)12-8-4-6-16(14,15)7-5-8/h8-9H,2-7,11H2,1H3,(H,12,13). The quantitative estimate of drug-likeness (QED) is 0.721. The Hall–Kier alpha value is -0.620. The van der Waals surface area contributed by atoms with E-state index in [2.05, 4.69) is 5.32 Å². The Morgan fingerprint density at radius 1 is 1.44 bits per heavy atom. The molecule has 0 aromatic rings. The van der Waals surface area contributed by atoms with Crippen LogP contribution in [0.25, 0.3) is 0 Å². The first-order valence-electron chi connectivity index (χ1n) is 5.71. The molecule has 0 aromatic carbocycles. The molecule has 0 bridgehead atoms. The third-order valence-corrected chi connectivity index (χ3v) is 4.55. The van der Waals surface area contributed by atoms with Crippen LogP contribution in [0.5, 0.6) is 0 Å². The van der Waals surface area contributed by atoms with Crippen molar-refractivity contribution in [2.75, 3.05) is 11.5 Å². The summed E-state index contributed by atoms with van der Waals surface area (Å²) in [6, 6.07) is -0.498. The molecule has 1 rings (SSSR count). The number of hydrogen-bond acceptors (Lipinski definition) is 4. The van der Waals surface area contributed by atoms with Crippen LogP contribution in [0.3, 0.4) is 0 Å². The SMILES string of the molecule is CCCC(N)C(=O)NC1CCS(=O)(=O)CC1. The van der Waals surface area contributed by atoms with E-state index in [0.29, 0.717) is 19.3 Å². The number of nitrogens with two attached hydrogens (primary N) is 1. The van der Waals surface area contributed by atoms with Crippen LogP contribution < -0.4 is 11.1 Å². The summed E-state index contributed by atoms with van der Waals surface area (Å²) in [7, 11) is -2.86. The molecule has 5 nitrogen and oxygen atoms in total. The summed E-state index contributed by atoms with van der Waals surface area (Å²) in [6.07, 6.45) is 2.55. The van der Waals surface area contributed by atoms with Crippen molar-refractivity contribution in [1.82, 2.24) is 5.32 Å². The fraction of sp³-hybridized carbons (Fsp3) is 0.900. The molecule has 0 spiro atoms. The third kappa shape index (κ3) is 4.09. The summed E-state index contributed by atoms with van der Waals surface area (Å²) in [5.74, 6) is 0.174. The lowest BCUT2D eigenvalue weighted by Crippen LogP contribution is -2.47. The van der Waals surface area contributed by atoms with Crippen molar-refractivity contribution in [3.8, 4) is 0 Å². The maximum absolute atomic E-state index is 11.6. The highest BCUT2D eigenvalue weighted by Gasteiger charge is 2.25. The molecule has 94 valence electrons. The molecule has 0 radical (unpaired) electrons. The molecule has 3 N–H and O–H groups in total. The third-order valence-electron chi connectivity index (χ3n) is 2.84. The van der Waals surface area contributed by atoms with Gasteiger partial charge in [0.05, 0.1) is 17.5 Å². The average molecular weight is 248 g/mol. The lowest BCUT2D eigenvalue weighted by atomic mass is 10.1. The first-order chi connectivity index (χ1) is 7.44. The first-order valence-corrected chi connectivity index (χ1v) is 7.53. The monoisotopic (exact) mass is 248 g/mol. The lowest BCUT2D eigenvalue weighted by molar-refractivity contribution is -0.123. The van der Waals surface area contributed by atoms with Crippen molar-refractivity contribution >= 4 is 15.7 Å². The molecule has 6 heteroatoms. The Bertz CT molecular complexity index is 326. The molecule has 16 heavy (non-hydrogen) atoms. The highest BCUT2D eigenvalue weighted by molar-refractivity contribution is 7.91. The van der Waals surface area contributed by atoms with Gasteiger partial charge in [0.15, 0.2) is 0 Å². The van der Waals surface area contributed by atoms with Crippen LogP contribution in [0, 0.1) is 0 Å². The Morgan fingerprint density at radius 2 is 2.00 bits per heavy atom. The van der Waals surface area contributed by atoms with Crippen LogP contribution in [0.4, 0.5) is 0 Å². The second kappa shape index (κ2) is 5.63. The van der Waals surface area contributed by atoms with Gasteiger partial charge in [0.1, 0.15) is 9.84 Å². The number of sulfone groups is 1. The number of rotatable bonds is 4. The number of nitrogens with one attached hydrogen (secondary N) is 1. The van der Waals surface area contributed by atoms with Crippen molar-refractivity contribution in [1.29, 1.82) is 0 Å². The maximum Gasteiger partial charge on any atom is 0.237 e. The smallest absolute Gasteiger partial charge is 0.237 e. The topological polar surface area (TPSA) is 89.3 Å². The van der Waals surface area contributed by atoms with E-state index < -0.39 is 15.9 Å². The molecule has 1 heterocycles. The van der Waals surface area contributed by atoms with E-state index in [-0.39, 0.29) is 23.5 Å². The van der Waals surface area contributed by atoms with E-state index in [1.165, 1.54) is 0 Å². The Kier molecular flexibility index (Phi) is 4.73. The van der Waals surface area contributed by atoms with Gasteiger partial charge >= 0.3 is 0 Å². The van der Waals surface area contributed by atoms with Gasteiger partial charge in [-0.3, -0.25) is 4.79 Å². The van der Waals surface area contributed by atoms with Crippen LogP contribution in [-0.4, -0.2) is 37.9 Å². The second-order valence-corrected chi connectivity index (χ2v) is 6.63. The molecule has 1 aliphatic heterocycles. The fourth-order valence-corrected chi connectivity index (χ4v) is 3.28. The van der Waals surface area contributed by atoms with Gasteiger partial charge in [-0.05, 0) is 19.3 Å². The van der Waals surface area contributed by atoms with Crippen LogP contribution in [0.15, 0.2) is 0 Å². The maximum atomic E-state index is 11.6. The minimum atomic E-state index is -2.86. The van der Waals surface area contributed by atoms with Gasteiger partial charge in [-0.1, -0.05) is 13.3 Å². The fourth-order valence-electron chi connectivity index (χ4n) is 1.78. The van der Waals surface area contributed by atoms with Gasteiger partial charge < -0.3 is 11.1 Å². The summed E-state index contributed by atoms with van der Waals surface area (Å²) in [5.41, 5.74) is 5.67. The highest BCUT2D eigenvalue weighted by atomic mass is 32.2. The van der Waals surface area contributed by atoms with Gasteiger partial charge in [-0.25, -0.2) is 8.42 Å².